The Bertz CT molecular complexity index is 853. The zero-order valence-corrected chi connectivity index (χ0v) is 14.6. The largest absolute Gasteiger partial charge is 0.416 e. The maximum Gasteiger partial charge on any atom is 0.416 e. The number of hydrogen-bond donors (Lipinski definition) is 1. The molecule has 1 aliphatic heterocycles. The van der Waals surface area contributed by atoms with E-state index in [1.807, 2.05) is 12.2 Å². The normalized spacial score (nSPS) is 28.8. The second-order valence-corrected chi connectivity index (χ2v) is 7.41. The SMILES string of the molecule is O=C(CN1C(=O)[C@@H]2[C@@H](C1=O)[C@H]1C=C[C@@H]2C1)Nc1cc(C(F)(F)F)ccc1Cl. The van der Waals surface area contributed by atoms with E-state index in [1.54, 1.807) is 0 Å². The summed E-state index contributed by atoms with van der Waals surface area (Å²) in [6.45, 7) is -0.545. The molecule has 1 saturated carbocycles. The van der Waals surface area contributed by atoms with Gasteiger partial charge in [-0.2, -0.15) is 13.2 Å². The van der Waals surface area contributed by atoms with Gasteiger partial charge in [0, 0.05) is 0 Å². The van der Waals surface area contributed by atoms with Gasteiger partial charge in [-0.25, -0.2) is 0 Å². The van der Waals surface area contributed by atoms with Crippen molar-refractivity contribution in [2.24, 2.45) is 23.7 Å². The third-order valence-corrected chi connectivity index (χ3v) is 5.76. The van der Waals surface area contributed by atoms with Crippen molar-refractivity contribution in [3.63, 3.8) is 0 Å². The fourth-order valence-corrected chi connectivity index (χ4v) is 4.42. The Morgan fingerprint density at radius 3 is 2.30 bits per heavy atom. The number of likely N-dealkylation sites (tertiary alicyclic amines) is 1. The Morgan fingerprint density at radius 2 is 1.74 bits per heavy atom. The molecule has 1 aromatic rings. The van der Waals surface area contributed by atoms with Crippen LogP contribution in [0.15, 0.2) is 30.4 Å². The molecule has 9 heteroatoms. The molecule has 1 aromatic carbocycles. The van der Waals surface area contributed by atoms with E-state index >= 15 is 0 Å². The highest BCUT2D eigenvalue weighted by molar-refractivity contribution is 6.33. The summed E-state index contributed by atoms with van der Waals surface area (Å²) in [5.74, 6) is -2.41. The molecule has 3 aliphatic rings. The van der Waals surface area contributed by atoms with E-state index in [1.165, 1.54) is 0 Å². The first kappa shape index (κ1) is 18.0. The van der Waals surface area contributed by atoms with Crippen LogP contribution < -0.4 is 5.32 Å². The van der Waals surface area contributed by atoms with Crippen LogP contribution in [0.4, 0.5) is 18.9 Å². The lowest BCUT2D eigenvalue weighted by Gasteiger charge is -2.17. The Hall–Kier alpha value is -2.35. The molecular weight excluding hydrogens is 385 g/mol. The molecule has 0 radical (unpaired) electrons. The summed E-state index contributed by atoms with van der Waals surface area (Å²) < 4.78 is 38.5. The predicted molar refractivity (Wildman–Crippen MR) is 89.5 cm³/mol. The minimum atomic E-state index is -4.59. The van der Waals surface area contributed by atoms with E-state index in [0.717, 1.165) is 23.5 Å². The zero-order chi connectivity index (χ0) is 19.5. The van der Waals surface area contributed by atoms with Crippen molar-refractivity contribution in [3.05, 3.63) is 40.9 Å². The minimum Gasteiger partial charge on any atom is -0.323 e. The molecule has 5 nitrogen and oxygen atoms in total. The Morgan fingerprint density at radius 1 is 1.15 bits per heavy atom. The summed E-state index contributed by atoms with van der Waals surface area (Å²) in [6, 6.07) is 2.54. The van der Waals surface area contributed by atoms with Gasteiger partial charge in [-0.3, -0.25) is 19.3 Å². The highest BCUT2D eigenvalue weighted by Gasteiger charge is 2.59. The molecule has 2 bridgehead atoms. The summed E-state index contributed by atoms with van der Waals surface area (Å²) in [6.07, 6.45) is 0.0490. The Labute approximate surface area is 157 Å². The van der Waals surface area contributed by atoms with Gasteiger partial charge in [0.05, 0.1) is 28.1 Å². The molecule has 1 saturated heterocycles. The first-order valence-corrected chi connectivity index (χ1v) is 8.75. The van der Waals surface area contributed by atoms with Gasteiger partial charge in [0.15, 0.2) is 0 Å². The number of nitrogens with zero attached hydrogens (tertiary/aromatic N) is 1. The van der Waals surface area contributed by atoms with Gasteiger partial charge in [-0.15, -0.1) is 0 Å². The number of carbonyl (C=O) groups is 3. The lowest BCUT2D eigenvalue weighted by molar-refractivity contribution is -0.143. The Kier molecular flexibility index (Phi) is 4.06. The van der Waals surface area contributed by atoms with E-state index in [0.29, 0.717) is 6.07 Å². The van der Waals surface area contributed by atoms with Crippen LogP contribution in [-0.4, -0.2) is 29.2 Å². The van der Waals surface area contributed by atoms with Crippen LogP contribution in [0.25, 0.3) is 0 Å². The van der Waals surface area contributed by atoms with Gasteiger partial charge < -0.3 is 5.32 Å². The summed E-state index contributed by atoms with van der Waals surface area (Å²) in [4.78, 5) is 38.2. The summed E-state index contributed by atoms with van der Waals surface area (Å²) >= 11 is 5.85. The van der Waals surface area contributed by atoms with Crippen molar-refractivity contribution in [2.75, 3.05) is 11.9 Å². The van der Waals surface area contributed by atoms with Crippen molar-refractivity contribution in [3.8, 4) is 0 Å². The van der Waals surface area contributed by atoms with Crippen LogP contribution in [0.3, 0.4) is 0 Å². The van der Waals surface area contributed by atoms with Crippen LogP contribution in [0.2, 0.25) is 5.02 Å². The molecule has 142 valence electrons. The molecule has 27 heavy (non-hydrogen) atoms. The number of alkyl halides is 3. The van der Waals surface area contributed by atoms with Crippen LogP contribution in [0.1, 0.15) is 12.0 Å². The van der Waals surface area contributed by atoms with Crippen molar-refractivity contribution < 1.29 is 27.6 Å². The van der Waals surface area contributed by atoms with Gasteiger partial charge in [0.25, 0.3) is 0 Å². The molecule has 0 unspecified atom stereocenters. The van der Waals surface area contributed by atoms with Gasteiger partial charge in [0.1, 0.15) is 6.54 Å². The van der Waals surface area contributed by atoms with Crippen molar-refractivity contribution in [1.29, 1.82) is 0 Å². The first-order chi connectivity index (χ1) is 12.7. The maximum absolute atomic E-state index is 12.8. The van der Waals surface area contributed by atoms with E-state index in [-0.39, 0.29) is 22.5 Å². The molecule has 4 rings (SSSR count). The monoisotopic (exact) mass is 398 g/mol. The topological polar surface area (TPSA) is 66.5 Å². The quantitative estimate of drug-likeness (QED) is 0.628. The first-order valence-electron chi connectivity index (χ1n) is 8.37. The molecule has 1 heterocycles. The molecule has 0 spiro atoms. The number of carbonyl (C=O) groups excluding carboxylic acids is 3. The number of nitrogens with one attached hydrogen (secondary N) is 1. The molecule has 3 amide bonds. The second-order valence-electron chi connectivity index (χ2n) is 7.00. The van der Waals surface area contributed by atoms with Crippen LogP contribution in [0, 0.1) is 23.7 Å². The number of rotatable bonds is 3. The Balaban J connectivity index is 1.48. The number of halogens is 4. The van der Waals surface area contributed by atoms with Crippen LogP contribution >= 0.6 is 11.6 Å². The average molecular weight is 399 g/mol. The van der Waals surface area contributed by atoms with Crippen molar-refractivity contribution >= 4 is 35.0 Å². The number of imide groups is 1. The van der Waals surface area contributed by atoms with Gasteiger partial charge >= 0.3 is 6.18 Å². The van der Waals surface area contributed by atoms with Crippen molar-refractivity contribution in [2.45, 2.75) is 12.6 Å². The molecule has 2 fully saturated rings. The van der Waals surface area contributed by atoms with E-state index in [2.05, 4.69) is 5.32 Å². The van der Waals surface area contributed by atoms with Crippen LogP contribution in [-0.2, 0) is 20.6 Å². The number of benzene rings is 1. The lowest BCUT2D eigenvalue weighted by Crippen LogP contribution is -2.39. The summed E-state index contributed by atoms with van der Waals surface area (Å²) in [5, 5.41) is 2.19. The molecule has 1 N–H and O–H groups in total. The standard InChI is InChI=1S/C18H14ClF3N2O3/c19-11-4-3-10(18(20,21)22)6-12(11)23-13(25)7-24-16(26)14-8-1-2-9(5-8)15(14)17(24)27/h1-4,6,8-9,14-15H,5,7H2,(H,23,25)/t8-,9+,14-,15-/m0/s1. The number of hydrogen-bond acceptors (Lipinski definition) is 3. The number of anilines is 1. The number of allylic oxidation sites excluding steroid dienone is 2. The van der Waals surface area contributed by atoms with Gasteiger partial charge in [0.2, 0.25) is 17.7 Å². The van der Waals surface area contributed by atoms with Gasteiger partial charge in [-0.1, -0.05) is 23.8 Å². The van der Waals surface area contributed by atoms with E-state index < -0.39 is 47.8 Å². The third-order valence-electron chi connectivity index (χ3n) is 5.43. The highest BCUT2D eigenvalue weighted by Crippen LogP contribution is 2.52. The van der Waals surface area contributed by atoms with Gasteiger partial charge in [-0.05, 0) is 36.5 Å². The zero-order valence-electron chi connectivity index (χ0n) is 13.8. The van der Waals surface area contributed by atoms with E-state index in [9.17, 15) is 27.6 Å². The number of fused-ring (bicyclic) bond motifs is 5. The lowest BCUT2D eigenvalue weighted by atomic mass is 9.85. The summed E-state index contributed by atoms with van der Waals surface area (Å²) in [5.41, 5.74) is -1.19. The number of amides is 3. The molecule has 4 atom stereocenters. The fraction of sp³-hybridized carbons (Fsp3) is 0.389. The molecule has 2 aliphatic carbocycles. The molecule has 0 aromatic heterocycles. The van der Waals surface area contributed by atoms with E-state index in [4.69, 9.17) is 11.6 Å². The molecular formula is C18H14ClF3N2O3. The summed E-state index contributed by atoms with van der Waals surface area (Å²) in [7, 11) is 0. The highest BCUT2D eigenvalue weighted by atomic mass is 35.5. The van der Waals surface area contributed by atoms with Crippen LogP contribution in [0.5, 0.6) is 0 Å². The minimum absolute atomic E-state index is 0.0161. The third kappa shape index (κ3) is 2.92. The van der Waals surface area contributed by atoms with Crippen molar-refractivity contribution in [1.82, 2.24) is 4.90 Å². The maximum atomic E-state index is 12.8. The predicted octanol–water partition coefficient (Wildman–Crippen LogP) is 3.10. The smallest absolute Gasteiger partial charge is 0.323 e. The fourth-order valence-electron chi connectivity index (χ4n) is 4.25. The second kappa shape index (κ2) is 6.09. The average Bonchev–Trinajstić information content (AvgIpc) is 3.26.